The van der Waals surface area contributed by atoms with E-state index >= 15 is 0 Å². The topological polar surface area (TPSA) is 98.5 Å². The Labute approximate surface area is 129 Å². The molecule has 2 amide bonds. The van der Waals surface area contributed by atoms with Gasteiger partial charge in [-0.05, 0) is 25.5 Å². The van der Waals surface area contributed by atoms with Crippen molar-refractivity contribution in [1.29, 1.82) is 0 Å². The van der Waals surface area contributed by atoms with Crippen molar-refractivity contribution in [3.05, 3.63) is 48.0 Å². The molecule has 0 heterocycles. The molecule has 6 heteroatoms. The lowest BCUT2D eigenvalue weighted by molar-refractivity contribution is -0.137. The van der Waals surface area contributed by atoms with Crippen LogP contribution in [-0.2, 0) is 14.3 Å². The maximum absolute atomic E-state index is 12.1. The number of nitrogens with one attached hydrogen (secondary N) is 1. The SMILES string of the molecule is CCOC(=O)/C=C/C(CCC(N)=O)NC(=O)c1ccccc1. The molecule has 0 aromatic heterocycles. The lowest BCUT2D eigenvalue weighted by atomic mass is 10.1. The quantitative estimate of drug-likeness (QED) is 0.556. The molecule has 0 aliphatic carbocycles. The molecule has 1 unspecified atom stereocenters. The summed E-state index contributed by atoms with van der Waals surface area (Å²) in [5.74, 6) is -1.26. The van der Waals surface area contributed by atoms with Crippen LogP contribution in [0.5, 0.6) is 0 Å². The van der Waals surface area contributed by atoms with Crippen LogP contribution in [0.4, 0.5) is 0 Å². The van der Waals surface area contributed by atoms with Crippen molar-refractivity contribution in [1.82, 2.24) is 5.32 Å². The number of hydrogen-bond acceptors (Lipinski definition) is 4. The third-order valence-corrected chi connectivity index (χ3v) is 2.81. The fourth-order valence-corrected chi connectivity index (χ4v) is 1.74. The fourth-order valence-electron chi connectivity index (χ4n) is 1.74. The van der Waals surface area contributed by atoms with Gasteiger partial charge in [0.05, 0.1) is 6.61 Å². The summed E-state index contributed by atoms with van der Waals surface area (Å²) in [6.45, 7) is 1.97. The molecule has 0 aliphatic rings. The molecule has 0 bridgehead atoms. The van der Waals surface area contributed by atoms with Gasteiger partial charge >= 0.3 is 5.97 Å². The van der Waals surface area contributed by atoms with Crippen molar-refractivity contribution in [3.63, 3.8) is 0 Å². The highest BCUT2D eigenvalue weighted by atomic mass is 16.5. The van der Waals surface area contributed by atoms with Gasteiger partial charge in [0, 0.05) is 24.1 Å². The first-order valence-electron chi connectivity index (χ1n) is 7.02. The van der Waals surface area contributed by atoms with E-state index in [1.807, 2.05) is 6.07 Å². The van der Waals surface area contributed by atoms with Crippen LogP contribution >= 0.6 is 0 Å². The van der Waals surface area contributed by atoms with Crippen molar-refractivity contribution >= 4 is 17.8 Å². The van der Waals surface area contributed by atoms with Crippen LogP contribution in [0.25, 0.3) is 0 Å². The van der Waals surface area contributed by atoms with Crippen LogP contribution < -0.4 is 11.1 Å². The van der Waals surface area contributed by atoms with E-state index in [-0.39, 0.29) is 18.9 Å². The molecule has 1 aromatic rings. The minimum Gasteiger partial charge on any atom is -0.463 e. The first kappa shape index (κ1) is 17.4. The molecule has 3 N–H and O–H groups in total. The van der Waals surface area contributed by atoms with Gasteiger partial charge in [-0.1, -0.05) is 24.3 Å². The normalized spacial score (nSPS) is 11.9. The van der Waals surface area contributed by atoms with Gasteiger partial charge in [0.1, 0.15) is 0 Å². The van der Waals surface area contributed by atoms with Crippen LogP contribution in [-0.4, -0.2) is 30.4 Å². The number of ether oxygens (including phenoxy) is 1. The largest absolute Gasteiger partial charge is 0.463 e. The van der Waals surface area contributed by atoms with Gasteiger partial charge in [0.2, 0.25) is 5.91 Å². The van der Waals surface area contributed by atoms with E-state index in [1.54, 1.807) is 31.2 Å². The minimum atomic E-state index is -0.500. The van der Waals surface area contributed by atoms with Gasteiger partial charge in [-0.15, -0.1) is 0 Å². The standard InChI is InChI=1S/C16H20N2O4/c1-2-22-15(20)11-9-13(8-10-14(17)19)18-16(21)12-6-4-3-5-7-12/h3-7,9,11,13H,2,8,10H2,1H3,(H2,17,19)(H,18,21)/b11-9+. The van der Waals surface area contributed by atoms with Crippen LogP contribution in [0.2, 0.25) is 0 Å². The Morgan fingerprint density at radius 2 is 1.95 bits per heavy atom. The Hall–Kier alpha value is -2.63. The Balaban J connectivity index is 2.70. The summed E-state index contributed by atoms with van der Waals surface area (Å²) in [6.07, 6.45) is 3.15. The Morgan fingerprint density at radius 3 is 2.55 bits per heavy atom. The second-order valence-corrected chi connectivity index (χ2v) is 4.56. The molecule has 0 aliphatic heterocycles. The number of rotatable bonds is 8. The van der Waals surface area contributed by atoms with Crippen molar-refractivity contribution in [2.45, 2.75) is 25.8 Å². The highest BCUT2D eigenvalue weighted by Crippen LogP contribution is 2.04. The van der Waals surface area contributed by atoms with E-state index in [4.69, 9.17) is 10.5 Å². The molecule has 0 spiro atoms. The van der Waals surface area contributed by atoms with Crippen molar-refractivity contribution in [2.24, 2.45) is 5.73 Å². The van der Waals surface area contributed by atoms with Gasteiger partial charge in [-0.2, -0.15) is 0 Å². The molecule has 22 heavy (non-hydrogen) atoms. The van der Waals surface area contributed by atoms with E-state index in [0.717, 1.165) is 0 Å². The number of carbonyl (C=O) groups is 3. The Morgan fingerprint density at radius 1 is 1.27 bits per heavy atom. The predicted molar refractivity (Wildman–Crippen MR) is 81.9 cm³/mol. The van der Waals surface area contributed by atoms with E-state index < -0.39 is 17.9 Å². The van der Waals surface area contributed by atoms with E-state index in [1.165, 1.54) is 12.2 Å². The summed E-state index contributed by atoms with van der Waals surface area (Å²) in [4.78, 5) is 34.3. The maximum atomic E-state index is 12.1. The smallest absolute Gasteiger partial charge is 0.330 e. The zero-order valence-corrected chi connectivity index (χ0v) is 12.5. The number of carbonyl (C=O) groups excluding carboxylic acids is 3. The van der Waals surface area contributed by atoms with E-state index in [9.17, 15) is 14.4 Å². The lowest BCUT2D eigenvalue weighted by Gasteiger charge is -2.14. The lowest BCUT2D eigenvalue weighted by Crippen LogP contribution is -2.34. The molecule has 1 rings (SSSR count). The first-order chi connectivity index (χ1) is 10.5. The number of amides is 2. The maximum Gasteiger partial charge on any atom is 0.330 e. The van der Waals surface area contributed by atoms with Gasteiger partial charge in [-0.25, -0.2) is 4.79 Å². The second kappa shape index (κ2) is 9.33. The fraction of sp³-hybridized carbons (Fsp3) is 0.312. The third kappa shape index (κ3) is 6.69. The van der Waals surface area contributed by atoms with Crippen LogP contribution in [0.3, 0.4) is 0 Å². The van der Waals surface area contributed by atoms with Crippen LogP contribution in [0.1, 0.15) is 30.1 Å². The number of primary amides is 1. The Bertz CT molecular complexity index is 540. The van der Waals surface area contributed by atoms with Crippen LogP contribution in [0, 0.1) is 0 Å². The highest BCUT2D eigenvalue weighted by molar-refractivity contribution is 5.94. The zero-order chi connectivity index (χ0) is 16.4. The van der Waals surface area contributed by atoms with Gasteiger partial charge in [-0.3, -0.25) is 9.59 Å². The average molecular weight is 304 g/mol. The minimum absolute atomic E-state index is 0.104. The molecule has 118 valence electrons. The molecular weight excluding hydrogens is 284 g/mol. The summed E-state index contributed by atoms with van der Waals surface area (Å²) in [6, 6.07) is 8.18. The first-order valence-corrected chi connectivity index (χ1v) is 7.02. The van der Waals surface area contributed by atoms with E-state index in [0.29, 0.717) is 12.0 Å². The molecule has 6 nitrogen and oxygen atoms in total. The molecule has 0 saturated heterocycles. The Kier molecular flexibility index (Phi) is 7.39. The number of hydrogen-bond donors (Lipinski definition) is 2. The molecule has 0 fully saturated rings. The summed E-state index contributed by atoms with van der Waals surface area (Å²) >= 11 is 0. The predicted octanol–water partition coefficient (Wildman–Crippen LogP) is 1.17. The number of nitrogens with two attached hydrogens (primary N) is 1. The van der Waals surface area contributed by atoms with Crippen molar-refractivity contribution in [3.8, 4) is 0 Å². The summed E-state index contributed by atoms with van der Waals surface area (Å²) in [5.41, 5.74) is 5.62. The summed E-state index contributed by atoms with van der Waals surface area (Å²) in [5, 5.41) is 2.74. The summed E-state index contributed by atoms with van der Waals surface area (Å²) < 4.78 is 4.78. The number of esters is 1. The zero-order valence-electron chi connectivity index (χ0n) is 12.5. The highest BCUT2D eigenvalue weighted by Gasteiger charge is 2.12. The molecule has 0 radical (unpaired) electrons. The van der Waals surface area contributed by atoms with Gasteiger partial charge in [0.15, 0.2) is 0 Å². The van der Waals surface area contributed by atoms with Gasteiger partial charge in [0.25, 0.3) is 5.91 Å². The van der Waals surface area contributed by atoms with Crippen molar-refractivity contribution in [2.75, 3.05) is 6.61 Å². The van der Waals surface area contributed by atoms with E-state index in [2.05, 4.69) is 5.32 Å². The number of benzene rings is 1. The second-order valence-electron chi connectivity index (χ2n) is 4.56. The van der Waals surface area contributed by atoms with Gasteiger partial charge < -0.3 is 15.8 Å². The average Bonchev–Trinajstić information content (AvgIpc) is 2.51. The molecule has 1 atom stereocenters. The van der Waals surface area contributed by atoms with Crippen molar-refractivity contribution < 1.29 is 19.1 Å². The molecular formula is C16H20N2O4. The molecule has 0 saturated carbocycles. The molecule has 1 aromatic carbocycles. The van der Waals surface area contributed by atoms with Crippen LogP contribution in [0.15, 0.2) is 42.5 Å². The third-order valence-electron chi connectivity index (χ3n) is 2.81. The monoisotopic (exact) mass is 304 g/mol. The summed E-state index contributed by atoms with van der Waals surface area (Å²) in [7, 11) is 0.